The van der Waals surface area contributed by atoms with Crippen molar-refractivity contribution in [2.24, 2.45) is 0 Å². The summed E-state index contributed by atoms with van der Waals surface area (Å²) in [5.41, 5.74) is 0. The highest BCUT2D eigenvalue weighted by Gasteiger charge is 2.44. The number of Topliss-reactive ketones (excluding diaryl/α,β-unsaturated/α-hetero) is 1. The Morgan fingerprint density at radius 2 is 1.67 bits per heavy atom. The maximum atomic E-state index is 11.5. The third kappa shape index (κ3) is 3.36. The predicted molar refractivity (Wildman–Crippen MR) is 32.3 cm³/mol. The fourth-order valence-corrected chi connectivity index (χ4v) is 0.383. The van der Waals surface area contributed by atoms with Crippen molar-refractivity contribution in [1.82, 2.24) is 0 Å². The molecule has 0 unspecified atom stereocenters. The number of rotatable bonds is 2. The van der Waals surface area contributed by atoms with Crippen LogP contribution in [0.3, 0.4) is 0 Å². The van der Waals surface area contributed by atoms with Gasteiger partial charge in [0.05, 0.1) is 6.10 Å². The van der Waals surface area contributed by atoms with E-state index in [4.69, 9.17) is 0 Å². The van der Waals surface area contributed by atoms with Crippen LogP contribution in [-0.4, -0.2) is 24.0 Å². The van der Waals surface area contributed by atoms with Crippen LogP contribution >= 0.6 is 0 Å². The normalized spacial score (nSPS) is 11.5. The van der Waals surface area contributed by atoms with Gasteiger partial charge in [-0.15, -0.1) is 0 Å². The van der Waals surface area contributed by atoms with E-state index in [9.17, 15) is 22.8 Å². The van der Waals surface area contributed by atoms with Crippen molar-refractivity contribution in [3.63, 3.8) is 0 Å². The molecule has 0 atom stereocenters. The van der Waals surface area contributed by atoms with E-state index in [1.807, 2.05) is 0 Å². The first kappa shape index (κ1) is 10.9. The lowest BCUT2D eigenvalue weighted by Crippen LogP contribution is -2.33. The Balaban J connectivity index is 4.22. The Hall–Kier alpha value is -1.07. The number of alkyl halides is 3. The Labute approximate surface area is 66.5 Å². The molecule has 0 aliphatic rings. The summed E-state index contributed by atoms with van der Waals surface area (Å²) in [6.07, 6.45) is -5.88. The van der Waals surface area contributed by atoms with E-state index >= 15 is 0 Å². The SMILES string of the molecule is CC(C)OC(=O)C(=O)C(F)(F)F. The van der Waals surface area contributed by atoms with Crippen LogP contribution in [0.2, 0.25) is 0 Å². The molecule has 0 saturated carbocycles. The summed E-state index contributed by atoms with van der Waals surface area (Å²) >= 11 is 0. The first-order valence-corrected chi connectivity index (χ1v) is 3.07. The van der Waals surface area contributed by atoms with Crippen molar-refractivity contribution in [3.8, 4) is 0 Å². The topological polar surface area (TPSA) is 43.4 Å². The number of hydrogen-bond donors (Lipinski definition) is 0. The van der Waals surface area contributed by atoms with Crippen molar-refractivity contribution in [2.75, 3.05) is 0 Å². The number of carbonyl (C=O) groups excluding carboxylic acids is 2. The standard InChI is InChI=1S/C6H7F3O3/c1-3(2)12-5(11)4(10)6(7,8)9/h3H,1-2H3. The van der Waals surface area contributed by atoms with Crippen LogP contribution in [0, 0.1) is 0 Å². The number of carbonyl (C=O) groups is 2. The van der Waals surface area contributed by atoms with Crippen LogP contribution in [0.5, 0.6) is 0 Å². The third-order valence-corrected chi connectivity index (χ3v) is 0.786. The molecule has 0 rings (SSSR count). The van der Waals surface area contributed by atoms with Gasteiger partial charge in [0.15, 0.2) is 0 Å². The second-order valence-electron chi connectivity index (χ2n) is 2.28. The van der Waals surface area contributed by atoms with Gasteiger partial charge in [0, 0.05) is 0 Å². The Morgan fingerprint density at radius 1 is 1.25 bits per heavy atom. The van der Waals surface area contributed by atoms with E-state index in [2.05, 4.69) is 4.74 Å². The summed E-state index contributed by atoms with van der Waals surface area (Å²) in [6, 6.07) is 0. The first-order valence-electron chi connectivity index (χ1n) is 3.07. The molecule has 12 heavy (non-hydrogen) atoms. The van der Waals surface area contributed by atoms with Crippen LogP contribution < -0.4 is 0 Å². The van der Waals surface area contributed by atoms with Gasteiger partial charge in [-0.05, 0) is 13.8 Å². The van der Waals surface area contributed by atoms with E-state index in [1.54, 1.807) is 0 Å². The van der Waals surface area contributed by atoms with Gasteiger partial charge in [0.25, 0.3) is 0 Å². The highest BCUT2D eigenvalue weighted by atomic mass is 19.4. The third-order valence-electron chi connectivity index (χ3n) is 0.786. The molecule has 0 fully saturated rings. The minimum atomic E-state index is -5.15. The first-order chi connectivity index (χ1) is 5.25. The molecule has 0 spiro atoms. The van der Waals surface area contributed by atoms with Gasteiger partial charge >= 0.3 is 17.9 Å². The predicted octanol–water partition coefficient (Wildman–Crippen LogP) is 1.07. The second kappa shape index (κ2) is 3.55. The molecule has 0 N–H and O–H groups in total. The maximum Gasteiger partial charge on any atom is 0.461 e. The monoisotopic (exact) mass is 184 g/mol. The lowest BCUT2D eigenvalue weighted by atomic mass is 10.4. The van der Waals surface area contributed by atoms with E-state index in [0.29, 0.717) is 0 Å². The molecule has 0 saturated heterocycles. The molecule has 0 aromatic heterocycles. The molecule has 0 aromatic carbocycles. The minimum absolute atomic E-state index is 0.733. The molecule has 0 radical (unpaired) electrons. The van der Waals surface area contributed by atoms with Gasteiger partial charge in [0.1, 0.15) is 0 Å². The molecule has 0 heterocycles. The van der Waals surface area contributed by atoms with Gasteiger partial charge < -0.3 is 4.74 Å². The van der Waals surface area contributed by atoms with Crippen LogP contribution in [0.25, 0.3) is 0 Å². The Bertz CT molecular complexity index is 195. The smallest absolute Gasteiger partial charge is 0.457 e. The largest absolute Gasteiger partial charge is 0.461 e. The zero-order chi connectivity index (χ0) is 9.94. The molecule has 0 aromatic rings. The summed E-state index contributed by atoms with van der Waals surface area (Å²) in [7, 11) is 0. The fraction of sp³-hybridized carbons (Fsp3) is 0.667. The van der Waals surface area contributed by atoms with Gasteiger partial charge in [-0.3, -0.25) is 4.79 Å². The molecular formula is C6H7F3O3. The van der Waals surface area contributed by atoms with E-state index < -0.39 is 24.0 Å². The van der Waals surface area contributed by atoms with Crippen molar-refractivity contribution in [2.45, 2.75) is 26.1 Å². The number of hydrogen-bond acceptors (Lipinski definition) is 3. The number of esters is 1. The summed E-state index contributed by atoms with van der Waals surface area (Å²) in [5, 5.41) is 0. The summed E-state index contributed by atoms with van der Waals surface area (Å²) in [5.74, 6) is -4.34. The molecule has 3 nitrogen and oxygen atoms in total. The molecule has 0 amide bonds. The molecular weight excluding hydrogens is 177 g/mol. The molecule has 0 aliphatic heterocycles. The van der Waals surface area contributed by atoms with Crippen LogP contribution in [0.1, 0.15) is 13.8 Å². The van der Waals surface area contributed by atoms with Gasteiger partial charge in [-0.2, -0.15) is 13.2 Å². The number of ether oxygens (including phenoxy) is 1. The van der Waals surface area contributed by atoms with Crippen molar-refractivity contribution >= 4 is 11.8 Å². The van der Waals surface area contributed by atoms with Gasteiger partial charge in [0.2, 0.25) is 0 Å². The van der Waals surface area contributed by atoms with Crippen molar-refractivity contribution in [3.05, 3.63) is 0 Å². The van der Waals surface area contributed by atoms with Crippen molar-refractivity contribution in [1.29, 1.82) is 0 Å². The highest BCUT2D eigenvalue weighted by molar-refractivity contribution is 6.35. The minimum Gasteiger partial charge on any atom is -0.457 e. The number of halogens is 3. The fourth-order valence-electron chi connectivity index (χ4n) is 0.383. The number of ketones is 1. The van der Waals surface area contributed by atoms with Gasteiger partial charge in [-0.1, -0.05) is 0 Å². The zero-order valence-corrected chi connectivity index (χ0v) is 6.44. The molecule has 0 bridgehead atoms. The average molecular weight is 184 g/mol. The van der Waals surface area contributed by atoms with Crippen LogP contribution in [0.4, 0.5) is 13.2 Å². The van der Waals surface area contributed by atoms with Crippen LogP contribution in [-0.2, 0) is 14.3 Å². The lowest BCUT2D eigenvalue weighted by Gasteiger charge is -2.07. The Morgan fingerprint density at radius 3 is 1.92 bits per heavy atom. The van der Waals surface area contributed by atoms with E-state index in [-0.39, 0.29) is 0 Å². The zero-order valence-electron chi connectivity index (χ0n) is 6.44. The maximum absolute atomic E-state index is 11.5. The van der Waals surface area contributed by atoms with Crippen LogP contribution in [0.15, 0.2) is 0 Å². The lowest BCUT2D eigenvalue weighted by molar-refractivity contribution is -0.184. The van der Waals surface area contributed by atoms with E-state index in [0.717, 1.165) is 0 Å². The average Bonchev–Trinajstić information content (AvgIpc) is 1.82. The summed E-state index contributed by atoms with van der Waals surface area (Å²) < 4.78 is 38.5. The quantitative estimate of drug-likeness (QED) is 0.476. The van der Waals surface area contributed by atoms with Gasteiger partial charge in [-0.25, -0.2) is 4.79 Å². The molecule has 70 valence electrons. The molecule has 6 heteroatoms. The highest BCUT2D eigenvalue weighted by Crippen LogP contribution is 2.16. The second-order valence-corrected chi connectivity index (χ2v) is 2.28. The summed E-state index contributed by atoms with van der Waals surface area (Å²) in [4.78, 5) is 20.4. The van der Waals surface area contributed by atoms with Crippen molar-refractivity contribution < 1.29 is 27.5 Å². The molecule has 0 aliphatic carbocycles. The van der Waals surface area contributed by atoms with E-state index in [1.165, 1.54) is 13.8 Å². The summed E-state index contributed by atoms with van der Waals surface area (Å²) in [6.45, 7) is 2.70. The Kier molecular flexibility index (Phi) is 3.24.